The van der Waals surface area contributed by atoms with Crippen molar-refractivity contribution in [2.45, 2.75) is 13.0 Å². The van der Waals surface area contributed by atoms with Crippen LogP contribution in [-0.4, -0.2) is 40.3 Å². The van der Waals surface area contributed by atoms with Crippen LogP contribution in [0.3, 0.4) is 0 Å². The van der Waals surface area contributed by atoms with Gasteiger partial charge in [-0.1, -0.05) is 12.1 Å². The number of benzene rings is 1. The molecule has 2 heterocycles. The average molecular weight is 311 g/mol. The van der Waals surface area contributed by atoms with Crippen LogP contribution in [0.15, 0.2) is 48.8 Å². The molecule has 1 aliphatic rings. The molecule has 0 saturated carbocycles. The predicted octanol–water partition coefficient (Wildman–Crippen LogP) is 1.29. The first-order chi connectivity index (χ1) is 11.2. The number of fused-ring (bicyclic) bond motifs is 1. The Kier molecular flexibility index (Phi) is 4.23. The molecule has 118 valence electrons. The van der Waals surface area contributed by atoms with E-state index < -0.39 is 11.8 Å². The van der Waals surface area contributed by atoms with Gasteiger partial charge in [0.1, 0.15) is 6.54 Å². The molecule has 6 heteroatoms. The number of hydrogen-bond acceptors (Lipinski definition) is 3. The highest BCUT2D eigenvalue weighted by molar-refractivity contribution is 6.22. The van der Waals surface area contributed by atoms with E-state index in [4.69, 9.17) is 0 Å². The van der Waals surface area contributed by atoms with Crippen LogP contribution in [0, 0.1) is 0 Å². The number of hydrogen-bond donors (Lipinski definition) is 1. The van der Waals surface area contributed by atoms with Crippen molar-refractivity contribution in [3.05, 3.63) is 59.9 Å². The molecule has 23 heavy (non-hydrogen) atoms. The number of nitrogens with one attached hydrogen (secondary N) is 1. The molecule has 0 aliphatic carbocycles. The second-order valence-corrected chi connectivity index (χ2v) is 5.37. The van der Waals surface area contributed by atoms with E-state index in [0.29, 0.717) is 17.7 Å². The van der Waals surface area contributed by atoms with E-state index in [9.17, 15) is 14.4 Å². The zero-order valence-corrected chi connectivity index (χ0v) is 12.6. The minimum absolute atomic E-state index is 0.240. The third-order valence-electron chi connectivity index (χ3n) is 3.76. The number of carbonyl (C=O) groups excluding carboxylic acids is 3. The second-order valence-electron chi connectivity index (χ2n) is 5.37. The zero-order chi connectivity index (χ0) is 16.2. The van der Waals surface area contributed by atoms with Crippen LogP contribution >= 0.6 is 0 Å². The Hall–Kier alpha value is -2.89. The van der Waals surface area contributed by atoms with E-state index in [2.05, 4.69) is 5.32 Å². The normalized spacial score (nSPS) is 13.3. The van der Waals surface area contributed by atoms with Crippen molar-refractivity contribution in [3.63, 3.8) is 0 Å². The molecule has 3 rings (SSSR count). The van der Waals surface area contributed by atoms with Gasteiger partial charge in [0.25, 0.3) is 11.8 Å². The van der Waals surface area contributed by atoms with Crippen LogP contribution in [0.4, 0.5) is 0 Å². The molecule has 0 bridgehead atoms. The Morgan fingerprint density at radius 2 is 1.57 bits per heavy atom. The zero-order valence-electron chi connectivity index (χ0n) is 12.6. The van der Waals surface area contributed by atoms with Crippen molar-refractivity contribution in [2.75, 3.05) is 13.1 Å². The number of aryl methyl sites for hydroxylation is 1. The smallest absolute Gasteiger partial charge is 0.262 e. The number of carbonyl (C=O) groups is 3. The maximum absolute atomic E-state index is 12.1. The van der Waals surface area contributed by atoms with Gasteiger partial charge in [0.2, 0.25) is 5.91 Å². The largest absolute Gasteiger partial charge is 0.354 e. The molecule has 0 unspecified atom stereocenters. The van der Waals surface area contributed by atoms with Crippen molar-refractivity contribution in [1.82, 2.24) is 14.8 Å². The summed E-state index contributed by atoms with van der Waals surface area (Å²) in [6.07, 6.45) is 4.70. The molecule has 0 spiro atoms. The number of aromatic nitrogens is 1. The molecule has 0 radical (unpaired) electrons. The summed E-state index contributed by atoms with van der Waals surface area (Å²) in [6, 6.07) is 10.5. The van der Waals surface area contributed by atoms with Crippen LogP contribution in [-0.2, 0) is 11.3 Å². The Balaban J connectivity index is 1.49. The fraction of sp³-hybridized carbons (Fsp3) is 0.235. The Morgan fingerprint density at radius 3 is 2.17 bits per heavy atom. The van der Waals surface area contributed by atoms with Gasteiger partial charge in [-0.2, -0.15) is 0 Å². The van der Waals surface area contributed by atoms with Gasteiger partial charge in [-0.25, -0.2) is 0 Å². The van der Waals surface area contributed by atoms with Gasteiger partial charge in [-0.3, -0.25) is 19.3 Å². The molecule has 0 fully saturated rings. The Morgan fingerprint density at radius 1 is 0.957 bits per heavy atom. The van der Waals surface area contributed by atoms with Gasteiger partial charge in [0.05, 0.1) is 11.1 Å². The summed E-state index contributed by atoms with van der Waals surface area (Å²) in [7, 11) is 0. The molecule has 2 aromatic rings. The van der Waals surface area contributed by atoms with Crippen LogP contribution in [0.1, 0.15) is 27.1 Å². The topological polar surface area (TPSA) is 71.4 Å². The van der Waals surface area contributed by atoms with E-state index in [0.717, 1.165) is 17.9 Å². The first-order valence-electron chi connectivity index (χ1n) is 7.49. The Bertz CT molecular complexity index is 702. The number of rotatable bonds is 6. The van der Waals surface area contributed by atoms with Gasteiger partial charge in [0.15, 0.2) is 0 Å². The maximum atomic E-state index is 12.1. The summed E-state index contributed by atoms with van der Waals surface area (Å²) >= 11 is 0. The van der Waals surface area contributed by atoms with Crippen molar-refractivity contribution in [2.24, 2.45) is 0 Å². The minimum atomic E-state index is -0.409. The van der Waals surface area contributed by atoms with Crippen LogP contribution < -0.4 is 5.32 Å². The SMILES string of the molecule is O=C(CN1C(=O)c2ccccc2C1=O)NCCCn1cccc1. The highest BCUT2D eigenvalue weighted by Gasteiger charge is 2.36. The molecule has 0 atom stereocenters. The summed E-state index contributed by atoms with van der Waals surface area (Å²) in [6.45, 7) is 1.07. The number of nitrogens with zero attached hydrogens (tertiary/aromatic N) is 2. The molecule has 1 aliphatic heterocycles. The highest BCUT2D eigenvalue weighted by atomic mass is 16.2. The second kappa shape index (κ2) is 6.48. The van der Waals surface area contributed by atoms with Gasteiger partial charge in [-0.05, 0) is 30.7 Å². The first-order valence-corrected chi connectivity index (χ1v) is 7.49. The van der Waals surface area contributed by atoms with Gasteiger partial charge < -0.3 is 9.88 Å². The molecule has 1 N–H and O–H groups in total. The van der Waals surface area contributed by atoms with Crippen LogP contribution in [0.5, 0.6) is 0 Å². The van der Waals surface area contributed by atoms with E-state index in [1.54, 1.807) is 24.3 Å². The van der Waals surface area contributed by atoms with E-state index >= 15 is 0 Å². The summed E-state index contributed by atoms with van der Waals surface area (Å²) in [5, 5.41) is 2.74. The highest BCUT2D eigenvalue weighted by Crippen LogP contribution is 2.21. The van der Waals surface area contributed by atoms with Crippen molar-refractivity contribution >= 4 is 17.7 Å². The van der Waals surface area contributed by atoms with Gasteiger partial charge in [0, 0.05) is 25.5 Å². The third-order valence-corrected chi connectivity index (χ3v) is 3.76. The Labute approximate surface area is 133 Å². The quantitative estimate of drug-likeness (QED) is 0.645. The van der Waals surface area contributed by atoms with E-state index in [1.165, 1.54) is 0 Å². The molecule has 1 aromatic carbocycles. The fourth-order valence-corrected chi connectivity index (χ4v) is 2.59. The third kappa shape index (κ3) is 3.15. The van der Waals surface area contributed by atoms with Crippen LogP contribution in [0.25, 0.3) is 0 Å². The lowest BCUT2D eigenvalue weighted by Crippen LogP contribution is -2.40. The molecule has 3 amide bonds. The average Bonchev–Trinajstić information content (AvgIpc) is 3.15. The summed E-state index contributed by atoms with van der Waals surface area (Å²) < 4.78 is 2.02. The molecule has 1 aromatic heterocycles. The summed E-state index contributed by atoms with van der Waals surface area (Å²) in [5.41, 5.74) is 0.718. The molecule has 0 saturated heterocycles. The number of imide groups is 1. The minimum Gasteiger partial charge on any atom is -0.354 e. The number of amides is 3. The molecular weight excluding hydrogens is 294 g/mol. The van der Waals surface area contributed by atoms with E-state index in [-0.39, 0.29) is 12.5 Å². The fourth-order valence-electron chi connectivity index (χ4n) is 2.59. The predicted molar refractivity (Wildman–Crippen MR) is 83.9 cm³/mol. The van der Waals surface area contributed by atoms with E-state index in [1.807, 2.05) is 29.1 Å². The lowest BCUT2D eigenvalue weighted by Gasteiger charge is -2.13. The first kappa shape index (κ1) is 15.0. The lowest BCUT2D eigenvalue weighted by molar-refractivity contribution is -0.121. The van der Waals surface area contributed by atoms with Crippen LogP contribution in [0.2, 0.25) is 0 Å². The van der Waals surface area contributed by atoms with Crippen molar-refractivity contribution < 1.29 is 14.4 Å². The van der Waals surface area contributed by atoms with Gasteiger partial charge in [-0.15, -0.1) is 0 Å². The maximum Gasteiger partial charge on any atom is 0.262 e. The molecular formula is C17H17N3O3. The molecule has 6 nitrogen and oxygen atoms in total. The lowest BCUT2D eigenvalue weighted by atomic mass is 10.1. The van der Waals surface area contributed by atoms with Crippen molar-refractivity contribution in [3.8, 4) is 0 Å². The summed E-state index contributed by atoms with van der Waals surface area (Å²) in [4.78, 5) is 37.2. The standard InChI is InChI=1S/C17H17N3O3/c21-15(18-8-5-11-19-9-3-4-10-19)12-20-16(22)13-6-1-2-7-14(13)17(20)23/h1-4,6-7,9-10H,5,8,11-12H2,(H,18,21). The summed E-state index contributed by atoms with van der Waals surface area (Å²) in [5.74, 6) is -1.15. The van der Waals surface area contributed by atoms with Gasteiger partial charge >= 0.3 is 0 Å². The monoisotopic (exact) mass is 311 g/mol. The van der Waals surface area contributed by atoms with Crippen molar-refractivity contribution in [1.29, 1.82) is 0 Å².